The number of hydrogen-bond acceptors (Lipinski definition) is 2. The highest BCUT2D eigenvalue weighted by Gasteiger charge is 2.12. The normalized spacial score (nSPS) is 10.3. The molecule has 0 unspecified atom stereocenters. The molecule has 144 valence electrons. The first kappa shape index (κ1) is 19.5. The predicted octanol–water partition coefficient (Wildman–Crippen LogP) is 4.96. The Labute approximate surface area is 166 Å². The maximum absolute atomic E-state index is 12.1. The van der Waals surface area contributed by atoms with Gasteiger partial charge in [-0.15, -0.1) is 0 Å². The van der Waals surface area contributed by atoms with Gasteiger partial charge in [-0.1, -0.05) is 72.8 Å². The molecular formula is C24H26N2O2. The number of rotatable bonds is 8. The number of amides is 2. The fourth-order valence-corrected chi connectivity index (χ4v) is 3.03. The summed E-state index contributed by atoms with van der Waals surface area (Å²) in [4.78, 5) is 13.9. The highest BCUT2D eigenvalue weighted by molar-refractivity contribution is 5.73. The zero-order valence-electron chi connectivity index (χ0n) is 16.2. The van der Waals surface area contributed by atoms with Crippen molar-refractivity contribution in [3.8, 4) is 16.9 Å². The molecular weight excluding hydrogens is 348 g/mol. The highest BCUT2D eigenvalue weighted by atomic mass is 16.5. The van der Waals surface area contributed by atoms with Crippen LogP contribution >= 0.6 is 0 Å². The molecule has 3 rings (SSSR count). The largest absolute Gasteiger partial charge is 0.494 e. The van der Waals surface area contributed by atoms with Crippen molar-refractivity contribution in [1.29, 1.82) is 0 Å². The molecule has 0 bridgehead atoms. The topological polar surface area (TPSA) is 41.6 Å². The van der Waals surface area contributed by atoms with Gasteiger partial charge in [-0.3, -0.25) is 0 Å². The number of nitrogens with one attached hydrogen (secondary N) is 1. The van der Waals surface area contributed by atoms with Crippen molar-refractivity contribution in [2.24, 2.45) is 0 Å². The molecule has 0 aromatic heterocycles. The van der Waals surface area contributed by atoms with Gasteiger partial charge in [-0.05, 0) is 35.2 Å². The first-order chi connectivity index (χ1) is 13.8. The number of nitrogens with zero attached hydrogens (tertiary/aromatic N) is 1. The molecule has 0 spiro atoms. The van der Waals surface area contributed by atoms with Crippen LogP contribution in [0.2, 0.25) is 0 Å². The Balaban J connectivity index is 1.48. The van der Waals surface area contributed by atoms with E-state index in [0.717, 1.165) is 17.7 Å². The highest BCUT2D eigenvalue weighted by Crippen LogP contribution is 2.22. The maximum Gasteiger partial charge on any atom is 0.317 e. The van der Waals surface area contributed by atoms with E-state index in [4.69, 9.17) is 4.74 Å². The Morgan fingerprint density at radius 2 is 1.46 bits per heavy atom. The molecule has 0 saturated carbocycles. The molecule has 4 heteroatoms. The molecule has 0 heterocycles. The molecule has 2 amide bonds. The van der Waals surface area contributed by atoms with Crippen LogP contribution in [0, 0.1) is 0 Å². The minimum Gasteiger partial charge on any atom is -0.494 e. The summed E-state index contributed by atoms with van der Waals surface area (Å²) in [6.07, 6.45) is 0.765. The summed E-state index contributed by atoms with van der Waals surface area (Å²) in [5.41, 5.74) is 3.47. The van der Waals surface area contributed by atoms with Gasteiger partial charge in [0.15, 0.2) is 0 Å². The molecule has 3 aromatic carbocycles. The van der Waals surface area contributed by atoms with Crippen LogP contribution in [0.5, 0.6) is 5.75 Å². The molecule has 1 N–H and O–H groups in total. The maximum atomic E-state index is 12.1. The lowest BCUT2D eigenvalue weighted by atomic mass is 10.1. The minimum absolute atomic E-state index is 0.0731. The van der Waals surface area contributed by atoms with Crippen LogP contribution in [0.1, 0.15) is 12.0 Å². The first-order valence-corrected chi connectivity index (χ1v) is 9.55. The second kappa shape index (κ2) is 10.2. The SMILES string of the molecule is CNC(=O)N(CCCOc1ccc(-c2ccccc2)cc1)Cc1ccccc1. The number of hydrogen-bond donors (Lipinski definition) is 1. The van der Waals surface area contributed by atoms with Crippen LogP contribution in [0.4, 0.5) is 4.79 Å². The van der Waals surface area contributed by atoms with E-state index in [9.17, 15) is 4.79 Å². The number of benzene rings is 3. The summed E-state index contributed by atoms with van der Waals surface area (Å²) >= 11 is 0. The molecule has 28 heavy (non-hydrogen) atoms. The fraction of sp³-hybridized carbons (Fsp3) is 0.208. The zero-order chi connectivity index (χ0) is 19.6. The standard InChI is InChI=1S/C24H26N2O2/c1-25-24(27)26(19-20-9-4-2-5-10-20)17-8-18-28-23-15-13-22(14-16-23)21-11-6-3-7-12-21/h2-7,9-16H,8,17-19H2,1H3,(H,25,27). The number of carbonyl (C=O) groups excluding carboxylic acids is 1. The van der Waals surface area contributed by atoms with E-state index in [0.29, 0.717) is 19.7 Å². The van der Waals surface area contributed by atoms with Gasteiger partial charge in [0.2, 0.25) is 0 Å². The summed E-state index contributed by atoms with van der Waals surface area (Å²) in [6, 6.07) is 28.3. The smallest absolute Gasteiger partial charge is 0.317 e. The third-order valence-corrected chi connectivity index (χ3v) is 4.52. The van der Waals surface area contributed by atoms with Crippen LogP contribution in [0.25, 0.3) is 11.1 Å². The Morgan fingerprint density at radius 3 is 2.11 bits per heavy atom. The van der Waals surface area contributed by atoms with Crippen molar-refractivity contribution in [3.05, 3.63) is 90.5 Å². The van der Waals surface area contributed by atoms with Gasteiger partial charge < -0.3 is 15.0 Å². The molecule has 0 saturated heterocycles. The van der Waals surface area contributed by atoms with Crippen LogP contribution in [-0.4, -0.2) is 31.1 Å². The van der Waals surface area contributed by atoms with Gasteiger partial charge in [0.25, 0.3) is 0 Å². The second-order valence-electron chi connectivity index (χ2n) is 6.55. The van der Waals surface area contributed by atoms with E-state index in [-0.39, 0.29) is 6.03 Å². The minimum atomic E-state index is -0.0731. The van der Waals surface area contributed by atoms with E-state index in [1.54, 1.807) is 11.9 Å². The summed E-state index contributed by atoms with van der Waals surface area (Å²) in [5, 5.41) is 2.71. The summed E-state index contributed by atoms with van der Waals surface area (Å²) in [6.45, 7) is 1.79. The lowest BCUT2D eigenvalue weighted by Crippen LogP contribution is -2.38. The average Bonchev–Trinajstić information content (AvgIpc) is 2.77. The third kappa shape index (κ3) is 5.61. The van der Waals surface area contributed by atoms with Crippen molar-refractivity contribution >= 4 is 6.03 Å². The van der Waals surface area contributed by atoms with Gasteiger partial charge in [0.05, 0.1) is 6.61 Å². The first-order valence-electron chi connectivity index (χ1n) is 9.55. The molecule has 0 aliphatic carbocycles. The zero-order valence-corrected chi connectivity index (χ0v) is 16.2. The third-order valence-electron chi connectivity index (χ3n) is 4.52. The lowest BCUT2D eigenvalue weighted by molar-refractivity contribution is 0.191. The van der Waals surface area contributed by atoms with Crippen LogP contribution in [-0.2, 0) is 6.54 Å². The van der Waals surface area contributed by atoms with Crippen molar-refractivity contribution in [2.45, 2.75) is 13.0 Å². The molecule has 0 fully saturated rings. The lowest BCUT2D eigenvalue weighted by Gasteiger charge is -2.22. The molecule has 3 aromatic rings. The van der Waals surface area contributed by atoms with E-state index in [2.05, 4.69) is 29.6 Å². The number of urea groups is 1. The molecule has 0 aliphatic heterocycles. The molecule has 4 nitrogen and oxygen atoms in total. The Kier molecular flexibility index (Phi) is 7.08. The number of carbonyl (C=O) groups is 1. The summed E-state index contributed by atoms with van der Waals surface area (Å²) < 4.78 is 5.85. The van der Waals surface area contributed by atoms with Crippen molar-refractivity contribution in [3.63, 3.8) is 0 Å². The van der Waals surface area contributed by atoms with Crippen molar-refractivity contribution in [1.82, 2.24) is 10.2 Å². The van der Waals surface area contributed by atoms with Gasteiger partial charge in [0, 0.05) is 20.1 Å². The summed E-state index contributed by atoms with van der Waals surface area (Å²) in [7, 11) is 1.66. The van der Waals surface area contributed by atoms with E-state index >= 15 is 0 Å². The Hall–Kier alpha value is -3.27. The predicted molar refractivity (Wildman–Crippen MR) is 113 cm³/mol. The van der Waals surface area contributed by atoms with Crippen LogP contribution < -0.4 is 10.1 Å². The Morgan fingerprint density at radius 1 is 0.857 bits per heavy atom. The molecule has 0 atom stereocenters. The van der Waals surface area contributed by atoms with Crippen molar-refractivity contribution < 1.29 is 9.53 Å². The number of ether oxygens (including phenoxy) is 1. The van der Waals surface area contributed by atoms with Gasteiger partial charge >= 0.3 is 6.03 Å². The monoisotopic (exact) mass is 374 g/mol. The van der Waals surface area contributed by atoms with E-state index in [1.807, 2.05) is 60.7 Å². The molecule has 0 aliphatic rings. The van der Waals surface area contributed by atoms with E-state index in [1.165, 1.54) is 11.1 Å². The quantitative estimate of drug-likeness (QED) is 0.566. The van der Waals surface area contributed by atoms with Crippen LogP contribution in [0.15, 0.2) is 84.9 Å². The summed E-state index contributed by atoms with van der Waals surface area (Å²) in [5.74, 6) is 0.842. The van der Waals surface area contributed by atoms with E-state index < -0.39 is 0 Å². The van der Waals surface area contributed by atoms with Gasteiger partial charge in [-0.25, -0.2) is 4.79 Å². The van der Waals surface area contributed by atoms with Crippen molar-refractivity contribution in [2.75, 3.05) is 20.2 Å². The average molecular weight is 374 g/mol. The fourth-order valence-electron chi connectivity index (χ4n) is 3.03. The van der Waals surface area contributed by atoms with Crippen LogP contribution in [0.3, 0.4) is 0 Å². The second-order valence-corrected chi connectivity index (χ2v) is 6.55. The van der Waals surface area contributed by atoms with Gasteiger partial charge in [-0.2, -0.15) is 0 Å². The Bertz CT molecular complexity index is 849. The molecule has 0 radical (unpaired) electrons. The van der Waals surface area contributed by atoms with Gasteiger partial charge in [0.1, 0.15) is 5.75 Å².